The fourth-order valence-corrected chi connectivity index (χ4v) is 3.16. The minimum absolute atomic E-state index is 0.0346. The van der Waals surface area contributed by atoms with Crippen LogP contribution in [0.15, 0.2) is 53.0 Å². The number of halogens is 1. The molecule has 0 spiro atoms. The minimum atomic E-state index is 0.0346. The van der Waals surface area contributed by atoms with Crippen LogP contribution in [0.3, 0.4) is 0 Å². The molecule has 3 rings (SSSR count). The van der Waals surface area contributed by atoms with Crippen molar-refractivity contribution in [3.8, 4) is 5.75 Å². The van der Waals surface area contributed by atoms with Crippen LogP contribution in [0.5, 0.6) is 5.75 Å². The molecule has 0 saturated carbocycles. The average Bonchev–Trinajstić information content (AvgIpc) is 2.48. The van der Waals surface area contributed by atoms with Gasteiger partial charge >= 0.3 is 0 Å². The zero-order valence-corrected chi connectivity index (χ0v) is 13.0. The third-order valence-corrected chi connectivity index (χ3v) is 4.51. The molecule has 104 valence electrons. The summed E-state index contributed by atoms with van der Waals surface area (Å²) in [5.41, 5.74) is 8.71. The van der Waals surface area contributed by atoms with Gasteiger partial charge in [0.05, 0.1) is 0 Å². The highest BCUT2D eigenvalue weighted by molar-refractivity contribution is 9.10. The molecule has 0 amide bonds. The molecule has 1 aliphatic heterocycles. The number of fused-ring (bicyclic) bond motifs is 1. The fourth-order valence-electron chi connectivity index (χ4n) is 2.78. The van der Waals surface area contributed by atoms with E-state index in [4.69, 9.17) is 10.5 Å². The molecule has 0 saturated heterocycles. The summed E-state index contributed by atoms with van der Waals surface area (Å²) in [6, 6.07) is 16.6. The van der Waals surface area contributed by atoms with Crippen molar-refractivity contribution in [2.24, 2.45) is 5.73 Å². The lowest BCUT2D eigenvalue weighted by Crippen LogP contribution is -2.33. The maximum Gasteiger partial charge on any atom is 0.124 e. The van der Waals surface area contributed by atoms with Gasteiger partial charge in [-0.1, -0.05) is 53.2 Å². The second-order valence-electron chi connectivity index (χ2n) is 5.38. The first-order valence-corrected chi connectivity index (χ1v) is 7.71. The van der Waals surface area contributed by atoms with Crippen LogP contribution in [0.25, 0.3) is 0 Å². The average molecular weight is 332 g/mol. The molecule has 0 fully saturated rings. The molecule has 2 N–H and O–H groups in total. The zero-order chi connectivity index (χ0) is 14.1. The molecular weight excluding hydrogens is 314 g/mol. The molecule has 3 atom stereocenters. The van der Waals surface area contributed by atoms with Crippen molar-refractivity contribution in [3.05, 3.63) is 64.1 Å². The first-order valence-electron chi connectivity index (χ1n) is 6.92. The lowest BCUT2D eigenvalue weighted by Gasteiger charge is -2.34. The molecule has 0 radical (unpaired) electrons. The molecule has 2 aromatic rings. The first-order chi connectivity index (χ1) is 9.65. The zero-order valence-electron chi connectivity index (χ0n) is 11.4. The highest BCUT2D eigenvalue weighted by atomic mass is 79.9. The monoisotopic (exact) mass is 331 g/mol. The Kier molecular flexibility index (Phi) is 3.81. The summed E-state index contributed by atoms with van der Waals surface area (Å²) < 4.78 is 7.22. The van der Waals surface area contributed by atoms with Crippen LogP contribution in [0.2, 0.25) is 0 Å². The van der Waals surface area contributed by atoms with Crippen molar-refractivity contribution in [2.75, 3.05) is 0 Å². The van der Waals surface area contributed by atoms with Crippen molar-refractivity contribution in [2.45, 2.75) is 31.4 Å². The normalized spacial score (nSPS) is 22.8. The van der Waals surface area contributed by atoms with Gasteiger partial charge in [0.15, 0.2) is 0 Å². The predicted octanol–water partition coefficient (Wildman–Crippen LogP) is 4.40. The van der Waals surface area contributed by atoms with Crippen LogP contribution in [-0.2, 0) is 0 Å². The number of rotatable bonds is 2. The Morgan fingerprint density at radius 2 is 1.95 bits per heavy atom. The first kappa shape index (κ1) is 13.7. The van der Waals surface area contributed by atoms with E-state index in [1.165, 1.54) is 5.56 Å². The van der Waals surface area contributed by atoms with E-state index in [2.05, 4.69) is 53.2 Å². The largest absolute Gasteiger partial charge is 0.489 e. The SMILES string of the molecule is CC(c1ccccc1)C1C[C@H](N)c2cc(Br)ccc2O1. The van der Waals surface area contributed by atoms with Gasteiger partial charge in [-0.25, -0.2) is 0 Å². The molecule has 2 unspecified atom stereocenters. The molecule has 2 nitrogen and oxygen atoms in total. The number of benzene rings is 2. The van der Waals surface area contributed by atoms with Crippen molar-refractivity contribution in [3.63, 3.8) is 0 Å². The highest BCUT2D eigenvalue weighted by Gasteiger charge is 2.30. The Morgan fingerprint density at radius 1 is 1.20 bits per heavy atom. The lowest BCUT2D eigenvalue weighted by atomic mass is 9.87. The quantitative estimate of drug-likeness (QED) is 0.884. The Bertz CT molecular complexity index is 599. The molecule has 2 aromatic carbocycles. The van der Waals surface area contributed by atoms with Gasteiger partial charge in [0.1, 0.15) is 11.9 Å². The second-order valence-corrected chi connectivity index (χ2v) is 6.30. The van der Waals surface area contributed by atoms with E-state index in [-0.39, 0.29) is 12.1 Å². The Balaban J connectivity index is 1.86. The van der Waals surface area contributed by atoms with Crippen LogP contribution in [0.4, 0.5) is 0 Å². The summed E-state index contributed by atoms with van der Waals surface area (Å²) in [5.74, 6) is 1.25. The number of hydrogen-bond acceptors (Lipinski definition) is 2. The smallest absolute Gasteiger partial charge is 0.124 e. The molecule has 3 heteroatoms. The van der Waals surface area contributed by atoms with E-state index < -0.39 is 0 Å². The van der Waals surface area contributed by atoms with Crippen LogP contribution in [0, 0.1) is 0 Å². The van der Waals surface area contributed by atoms with Gasteiger partial charge in [0.2, 0.25) is 0 Å². The molecular formula is C17H18BrNO. The van der Waals surface area contributed by atoms with Crippen LogP contribution >= 0.6 is 15.9 Å². The standard InChI is InChI=1S/C17H18BrNO/c1-11(12-5-3-2-4-6-12)17-10-15(19)14-9-13(18)7-8-16(14)20-17/h2-9,11,15,17H,10,19H2,1H3/t11?,15-,17?/m0/s1. The van der Waals surface area contributed by atoms with Crippen LogP contribution in [0.1, 0.15) is 36.4 Å². The fraction of sp³-hybridized carbons (Fsp3) is 0.294. The molecule has 0 aliphatic carbocycles. The van der Waals surface area contributed by atoms with Crippen molar-refractivity contribution in [1.82, 2.24) is 0 Å². The molecule has 1 aliphatic rings. The minimum Gasteiger partial charge on any atom is -0.489 e. The maximum atomic E-state index is 6.32. The van der Waals surface area contributed by atoms with Gasteiger partial charge in [0, 0.05) is 28.4 Å². The number of ether oxygens (including phenoxy) is 1. The molecule has 20 heavy (non-hydrogen) atoms. The highest BCUT2D eigenvalue weighted by Crippen LogP contribution is 2.39. The van der Waals surface area contributed by atoms with Gasteiger partial charge in [-0.3, -0.25) is 0 Å². The summed E-state index contributed by atoms with van der Waals surface area (Å²) in [6.07, 6.45) is 0.973. The predicted molar refractivity (Wildman–Crippen MR) is 85.0 cm³/mol. The summed E-state index contributed by atoms with van der Waals surface area (Å²) in [7, 11) is 0. The van der Waals surface area contributed by atoms with E-state index in [0.29, 0.717) is 5.92 Å². The summed E-state index contributed by atoms with van der Waals surface area (Å²) in [5, 5.41) is 0. The third kappa shape index (κ3) is 2.60. The van der Waals surface area contributed by atoms with Gasteiger partial charge in [-0.2, -0.15) is 0 Å². The Labute approximate surface area is 128 Å². The van der Waals surface area contributed by atoms with Crippen molar-refractivity contribution in [1.29, 1.82) is 0 Å². The van der Waals surface area contributed by atoms with Crippen molar-refractivity contribution < 1.29 is 4.74 Å². The number of nitrogens with two attached hydrogens (primary N) is 1. The second kappa shape index (κ2) is 5.58. The van der Waals surface area contributed by atoms with E-state index in [0.717, 1.165) is 22.2 Å². The Morgan fingerprint density at radius 3 is 2.70 bits per heavy atom. The summed E-state index contributed by atoms with van der Waals surface area (Å²) >= 11 is 3.49. The third-order valence-electron chi connectivity index (χ3n) is 4.02. The van der Waals surface area contributed by atoms with Gasteiger partial charge in [-0.05, 0) is 23.8 Å². The van der Waals surface area contributed by atoms with Gasteiger partial charge < -0.3 is 10.5 Å². The maximum absolute atomic E-state index is 6.32. The van der Waals surface area contributed by atoms with Crippen molar-refractivity contribution >= 4 is 15.9 Å². The lowest BCUT2D eigenvalue weighted by molar-refractivity contribution is 0.136. The molecule has 1 heterocycles. The summed E-state index contributed by atoms with van der Waals surface area (Å²) in [6.45, 7) is 2.20. The topological polar surface area (TPSA) is 35.2 Å². The van der Waals surface area contributed by atoms with E-state index >= 15 is 0 Å². The van der Waals surface area contributed by atoms with Crippen LogP contribution < -0.4 is 10.5 Å². The van der Waals surface area contributed by atoms with Crippen LogP contribution in [-0.4, -0.2) is 6.10 Å². The van der Waals surface area contributed by atoms with E-state index in [1.807, 2.05) is 18.2 Å². The van der Waals surface area contributed by atoms with Gasteiger partial charge in [0.25, 0.3) is 0 Å². The van der Waals surface area contributed by atoms with E-state index in [1.54, 1.807) is 0 Å². The number of hydrogen-bond donors (Lipinski definition) is 1. The molecule has 0 aromatic heterocycles. The Hall–Kier alpha value is -1.32. The molecule has 0 bridgehead atoms. The summed E-state index contributed by atoms with van der Waals surface area (Å²) in [4.78, 5) is 0. The van der Waals surface area contributed by atoms with Gasteiger partial charge in [-0.15, -0.1) is 0 Å². The van der Waals surface area contributed by atoms with E-state index in [9.17, 15) is 0 Å².